The Morgan fingerprint density at radius 3 is 2.82 bits per heavy atom. The minimum absolute atomic E-state index is 0.0922. The highest BCUT2D eigenvalue weighted by atomic mass is 32.1. The fourth-order valence-corrected chi connectivity index (χ4v) is 4.54. The molecule has 4 rings (SSSR count). The topological polar surface area (TPSA) is 89.9 Å². The number of primary amides is 1. The summed E-state index contributed by atoms with van der Waals surface area (Å²) < 4.78 is 2.15. The third kappa shape index (κ3) is 3.52. The van der Waals surface area contributed by atoms with Crippen LogP contribution in [0.15, 0.2) is 42.0 Å². The molecule has 3 aromatic rings. The number of amides is 1. The standard InChI is InChI=1S/C20H24N6OS/c1-20(2,16-6-4-10-28-16)13-26-18(14-5-3-8-22-11-14)23-24-19(26)25-9-7-15(12-25)17(21)27/h3-6,8,10-11,15H,7,9,12-13H2,1-2H3,(H2,21,27). The van der Waals surface area contributed by atoms with Gasteiger partial charge in [-0.2, -0.15) is 0 Å². The zero-order valence-electron chi connectivity index (χ0n) is 16.1. The van der Waals surface area contributed by atoms with Crippen LogP contribution in [0.4, 0.5) is 5.95 Å². The van der Waals surface area contributed by atoms with E-state index in [-0.39, 0.29) is 17.2 Å². The van der Waals surface area contributed by atoms with Crippen molar-refractivity contribution in [3.8, 4) is 11.4 Å². The third-order valence-corrected chi connectivity index (χ3v) is 6.50. The quantitative estimate of drug-likeness (QED) is 0.692. The molecular weight excluding hydrogens is 372 g/mol. The number of nitrogens with zero attached hydrogens (tertiary/aromatic N) is 5. The van der Waals surface area contributed by atoms with Crippen molar-refractivity contribution in [1.29, 1.82) is 0 Å². The van der Waals surface area contributed by atoms with E-state index in [0.29, 0.717) is 6.54 Å². The second-order valence-electron chi connectivity index (χ2n) is 7.85. The number of nitrogens with two attached hydrogens (primary N) is 1. The molecule has 1 aliphatic rings. The molecule has 0 spiro atoms. The summed E-state index contributed by atoms with van der Waals surface area (Å²) in [7, 11) is 0. The van der Waals surface area contributed by atoms with Crippen LogP contribution < -0.4 is 10.6 Å². The van der Waals surface area contributed by atoms with Crippen molar-refractivity contribution in [1.82, 2.24) is 19.7 Å². The predicted octanol–water partition coefficient (Wildman–Crippen LogP) is 2.69. The first kappa shape index (κ1) is 18.6. The van der Waals surface area contributed by atoms with E-state index in [2.05, 4.69) is 56.0 Å². The van der Waals surface area contributed by atoms with Gasteiger partial charge < -0.3 is 10.6 Å². The number of thiophene rings is 1. The number of carbonyl (C=O) groups excluding carboxylic acids is 1. The molecule has 0 aliphatic carbocycles. The summed E-state index contributed by atoms with van der Waals surface area (Å²) in [5.74, 6) is 1.18. The summed E-state index contributed by atoms with van der Waals surface area (Å²) in [5, 5.41) is 11.1. The van der Waals surface area contributed by atoms with Crippen molar-refractivity contribution in [2.24, 2.45) is 11.7 Å². The Morgan fingerprint density at radius 1 is 1.32 bits per heavy atom. The van der Waals surface area contributed by atoms with Crippen molar-refractivity contribution in [2.75, 3.05) is 18.0 Å². The first-order valence-corrected chi connectivity index (χ1v) is 10.3. The molecule has 1 saturated heterocycles. The Bertz CT molecular complexity index is 951. The van der Waals surface area contributed by atoms with Gasteiger partial charge in [-0.05, 0) is 30.0 Å². The molecule has 1 fully saturated rings. The van der Waals surface area contributed by atoms with E-state index in [1.54, 1.807) is 23.7 Å². The number of hydrogen-bond acceptors (Lipinski definition) is 6. The summed E-state index contributed by atoms with van der Waals surface area (Å²) in [4.78, 5) is 19.3. The van der Waals surface area contributed by atoms with Gasteiger partial charge in [0.15, 0.2) is 5.82 Å². The van der Waals surface area contributed by atoms with E-state index in [4.69, 9.17) is 5.73 Å². The summed E-state index contributed by atoms with van der Waals surface area (Å²) in [6, 6.07) is 8.13. The molecule has 7 nitrogen and oxygen atoms in total. The van der Waals surface area contributed by atoms with Crippen LogP contribution in [0.1, 0.15) is 25.1 Å². The van der Waals surface area contributed by atoms with Crippen LogP contribution in [0.3, 0.4) is 0 Å². The maximum absolute atomic E-state index is 11.6. The number of hydrogen-bond donors (Lipinski definition) is 1. The van der Waals surface area contributed by atoms with Gasteiger partial charge in [0.25, 0.3) is 0 Å². The number of rotatable bonds is 6. The van der Waals surface area contributed by atoms with Gasteiger partial charge in [0.05, 0.1) is 5.92 Å². The van der Waals surface area contributed by atoms with Crippen LogP contribution in [0.2, 0.25) is 0 Å². The molecule has 146 valence electrons. The van der Waals surface area contributed by atoms with E-state index in [9.17, 15) is 4.79 Å². The van der Waals surface area contributed by atoms with Gasteiger partial charge >= 0.3 is 0 Å². The van der Waals surface area contributed by atoms with Crippen molar-refractivity contribution in [3.05, 3.63) is 46.9 Å². The average Bonchev–Trinajstić information content (AvgIpc) is 3.42. The fourth-order valence-electron chi connectivity index (χ4n) is 3.69. The number of anilines is 1. The van der Waals surface area contributed by atoms with Gasteiger partial charge in [0.1, 0.15) is 0 Å². The Balaban J connectivity index is 1.73. The van der Waals surface area contributed by atoms with Gasteiger partial charge in [0, 0.05) is 47.9 Å². The van der Waals surface area contributed by atoms with Crippen molar-refractivity contribution in [2.45, 2.75) is 32.2 Å². The molecule has 1 amide bonds. The number of aromatic nitrogens is 4. The van der Waals surface area contributed by atoms with Crippen LogP contribution in [-0.2, 0) is 16.8 Å². The fraction of sp³-hybridized carbons (Fsp3) is 0.400. The van der Waals surface area contributed by atoms with Gasteiger partial charge in [-0.15, -0.1) is 21.5 Å². The van der Waals surface area contributed by atoms with E-state index in [0.717, 1.165) is 36.8 Å². The molecular formula is C20H24N6OS. The zero-order valence-corrected chi connectivity index (χ0v) is 16.9. The van der Waals surface area contributed by atoms with Crippen LogP contribution in [-0.4, -0.2) is 38.7 Å². The highest BCUT2D eigenvalue weighted by Crippen LogP contribution is 2.34. The monoisotopic (exact) mass is 396 g/mol. The number of carbonyl (C=O) groups is 1. The lowest BCUT2D eigenvalue weighted by molar-refractivity contribution is -0.121. The van der Waals surface area contributed by atoms with Gasteiger partial charge in [-0.3, -0.25) is 14.3 Å². The minimum atomic E-state index is -0.250. The van der Waals surface area contributed by atoms with Crippen LogP contribution in [0, 0.1) is 5.92 Å². The lowest BCUT2D eigenvalue weighted by atomic mass is 9.91. The molecule has 1 atom stereocenters. The highest BCUT2D eigenvalue weighted by Gasteiger charge is 2.32. The lowest BCUT2D eigenvalue weighted by Crippen LogP contribution is -2.31. The smallest absolute Gasteiger partial charge is 0.227 e. The van der Waals surface area contributed by atoms with E-state index < -0.39 is 0 Å². The molecule has 8 heteroatoms. The summed E-state index contributed by atoms with van der Waals surface area (Å²) >= 11 is 1.75. The van der Waals surface area contributed by atoms with Crippen molar-refractivity contribution < 1.29 is 4.79 Å². The maximum atomic E-state index is 11.6. The average molecular weight is 397 g/mol. The number of pyridine rings is 1. The Kier molecular flexibility index (Phi) is 4.89. The molecule has 0 radical (unpaired) electrons. The molecule has 3 aromatic heterocycles. The van der Waals surface area contributed by atoms with E-state index in [1.165, 1.54) is 4.88 Å². The third-order valence-electron chi connectivity index (χ3n) is 5.27. The second-order valence-corrected chi connectivity index (χ2v) is 8.79. The molecule has 2 N–H and O–H groups in total. The minimum Gasteiger partial charge on any atom is -0.369 e. The SMILES string of the molecule is CC(C)(Cn1c(-c2cccnc2)nnc1N1CCC(C(N)=O)C1)c1cccs1. The van der Waals surface area contributed by atoms with E-state index in [1.807, 2.05) is 12.1 Å². The molecule has 0 aromatic carbocycles. The normalized spacial score (nSPS) is 17.2. The summed E-state index contributed by atoms with van der Waals surface area (Å²) in [6.45, 7) is 6.51. The molecule has 1 aliphatic heterocycles. The van der Waals surface area contributed by atoms with Crippen LogP contribution >= 0.6 is 11.3 Å². The van der Waals surface area contributed by atoms with Crippen LogP contribution in [0.25, 0.3) is 11.4 Å². The Morgan fingerprint density at radius 2 is 2.18 bits per heavy atom. The van der Waals surface area contributed by atoms with Crippen molar-refractivity contribution >= 4 is 23.2 Å². The van der Waals surface area contributed by atoms with Gasteiger partial charge in [-0.1, -0.05) is 19.9 Å². The molecule has 4 heterocycles. The Labute approximate surface area is 168 Å². The van der Waals surface area contributed by atoms with Crippen molar-refractivity contribution in [3.63, 3.8) is 0 Å². The molecule has 28 heavy (non-hydrogen) atoms. The molecule has 0 bridgehead atoms. The molecule has 1 unspecified atom stereocenters. The summed E-state index contributed by atoms with van der Waals surface area (Å²) in [5.41, 5.74) is 6.36. The van der Waals surface area contributed by atoms with E-state index >= 15 is 0 Å². The Hall–Kier alpha value is -2.74. The second kappa shape index (κ2) is 7.35. The summed E-state index contributed by atoms with van der Waals surface area (Å²) in [6.07, 6.45) is 4.30. The first-order chi connectivity index (χ1) is 13.5. The van der Waals surface area contributed by atoms with Gasteiger partial charge in [0.2, 0.25) is 11.9 Å². The largest absolute Gasteiger partial charge is 0.369 e. The first-order valence-electron chi connectivity index (χ1n) is 9.37. The maximum Gasteiger partial charge on any atom is 0.227 e. The zero-order chi connectivity index (χ0) is 19.7. The predicted molar refractivity (Wildman–Crippen MR) is 110 cm³/mol. The molecule has 0 saturated carbocycles. The lowest BCUT2D eigenvalue weighted by Gasteiger charge is -2.27. The highest BCUT2D eigenvalue weighted by molar-refractivity contribution is 7.10. The van der Waals surface area contributed by atoms with Crippen LogP contribution in [0.5, 0.6) is 0 Å². The van der Waals surface area contributed by atoms with Gasteiger partial charge in [-0.25, -0.2) is 0 Å².